The summed E-state index contributed by atoms with van der Waals surface area (Å²) in [5, 5.41) is 0. The number of ketones is 1. The number of carbonyl (C=O) groups excluding carboxylic acids is 1. The second-order valence-corrected chi connectivity index (χ2v) is 6.37. The minimum absolute atomic E-state index is 0.162. The van der Waals surface area contributed by atoms with Crippen LogP contribution < -0.4 is 0 Å². The fourth-order valence-corrected chi connectivity index (χ4v) is 2.35. The summed E-state index contributed by atoms with van der Waals surface area (Å²) >= 11 is 0. The quantitative estimate of drug-likeness (QED) is 0.650. The number of Topliss-reactive ketones (excluding diaryl/α,β-unsaturated/α-hetero) is 1. The highest BCUT2D eigenvalue weighted by molar-refractivity contribution is 6.61. The highest BCUT2D eigenvalue weighted by Crippen LogP contribution is 2.10. The van der Waals surface area contributed by atoms with Crippen molar-refractivity contribution in [3.05, 3.63) is 0 Å². The Hall–Kier alpha value is -0.233. The Labute approximate surface area is 86.3 Å². The zero-order valence-corrected chi connectivity index (χ0v) is 10.3. The molecule has 0 aromatic carbocycles. The third-order valence-corrected chi connectivity index (χ3v) is 3.13. The van der Waals surface area contributed by atoms with Crippen molar-refractivity contribution in [3.8, 4) is 0 Å². The van der Waals surface area contributed by atoms with Gasteiger partial charge in [0.1, 0.15) is 5.78 Å². The van der Waals surface area contributed by atoms with Crippen LogP contribution in [0.1, 0.15) is 27.7 Å². The number of hydrogen-bond acceptors (Lipinski definition) is 4. The average Bonchev–Trinajstić information content (AvgIpc) is 2.00. The van der Waals surface area contributed by atoms with Crippen LogP contribution in [-0.2, 0) is 9.22 Å². The monoisotopic (exact) mass is 220 g/mol. The predicted octanol–water partition coefficient (Wildman–Crippen LogP) is 0.808. The lowest BCUT2D eigenvalue weighted by Crippen LogP contribution is -2.42. The molecule has 0 aliphatic carbocycles. The van der Waals surface area contributed by atoms with Gasteiger partial charge in [-0.2, -0.15) is 0 Å². The highest BCUT2D eigenvalue weighted by Gasteiger charge is 2.36. The summed E-state index contributed by atoms with van der Waals surface area (Å²) in [5.74, 6) is -0.107. The third kappa shape index (κ3) is 6.26. The van der Waals surface area contributed by atoms with Crippen molar-refractivity contribution < 1.29 is 18.8 Å². The molecule has 0 amide bonds. The average molecular weight is 220 g/mol. The van der Waals surface area contributed by atoms with Gasteiger partial charge >= 0.3 is 8.80 Å². The van der Waals surface area contributed by atoms with Crippen LogP contribution in [-0.4, -0.2) is 30.8 Å². The lowest BCUT2D eigenvalue weighted by molar-refractivity contribution is -0.120. The molecular weight excluding hydrogens is 200 g/mol. The number of rotatable bonds is 6. The standard InChI is InChI=1S/C9H20O4Si/c1-7(2)5-13-14(11,12)6-9(10)8(3)4/h7-8,11-12H,5-6H2,1-4H3. The van der Waals surface area contributed by atoms with Gasteiger partial charge in [0.2, 0.25) is 0 Å². The van der Waals surface area contributed by atoms with E-state index in [4.69, 9.17) is 4.43 Å². The fourth-order valence-electron chi connectivity index (χ4n) is 0.782. The smallest absolute Gasteiger partial charge is 0.390 e. The predicted molar refractivity (Wildman–Crippen MR) is 55.6 cm³/mol. The van der Waals surface area contributed by atoms with Gasteiger partial charge in [0, 0.05) is 12.5 Å². The maximum absolute atomic E-state index is 11.2. The first kappa shape index (κ1) is 13.8. The van der Waals surface area contributed by atoms with Crippen molar-refractivity contribution in [3.63, 3.8) is 0 Å². The third-order valence-electron chi connectivity index (χ3n) is 1.70. The highest BCUT2D eigenvalue weighted by atomic mass is 28.4. The van der Waals surface area contributed by atoms with E-state index in [1.54, 1.807) is 13.8 Å². The van der Waals surface area contributed by atoms with Crippen LogP contribution in [0, 0.1) is 11.8 Å². The molecular formula is C9H20O4Si. The first-order valence-electron chi connectivity index (χ1n) is 4.86. The van der Waals surface area contributed by atoms with E-state index >= 15 is 0 Å². The van der Waals surface area contributed by atoms with Gasteiger partial charge in [0.15, 0.2) is 0 Å². The molecule has 0 fully saturated rings. The van der Waals surface area contributed by atoms with Crippen molar-refractivity contribution in [1.82, 2.24) is 0 Å². The molecule has 0 aromatic rings. The van der Waals surface area contributed by atoms with E-state index in [-0.39, 0.29) is 30.3 Å². The van der Waals surface area contributed by atoms with E-state index in [0.29, 0.717) is 0 Å². The van der Waals surface area contributed by atoms with Crippen LogP contribution in [0.15, 0.2) is 0 Å². The van der Waals surface area contributed by atoms with Crippen molar-refractivity contribution in [2.24, 2.45) is 11.8 Å². The lowest BCUT2D eigenvalue weighted by atomic mass is 10.1. The molecule has 0 atom stereocenters. The van der Waals surface area contributed by atoms with E-state index in [2.05, 4.69) is 0 Å². The molecule has 4 nitrogen and oxygen atoms in total. The summed E-state index contributed by atoms with van der Waals surface area (Å²) in [6.45, 7) is 7.57. The Morgan fingerprint density at radius 3 is 2.14 bits per heavy atom. The Morgan fingerprint density at radius 2 is 1.79 bits per heavy atom. The molecule has 0 heterocycles. The largest absolute Gasteiger partial charge is 0.503 e. The summed E-state index contributed by atoms with van der Waals surface area (Å²) in [5.41, 5.74) is 0. The molecule has 0 aromatic heterocycles. The first-order valence-corrected chi connectivity index (χ1v) is 6.87. The van der Waals surface area contributed by atoms with Crippen molar-refractivity contribution in [2.75, 3.05) is 6.61 Å². The van der Waals surface area contributed by atoms with Crippen LogP contribution in [0.2, 0.25) is 6.04 Å². The van der Waals surface area contributed by atoms with Crippen LogP contribution in [0.25, 0.3) is 0 Å². The van der Waals surface area contributed by atoms with Gasteiger partial charge < -0.3 is 14.0 Å². The first-order chi connectivity index (χ1) is 6.24. The minimum Gasteiger partial charge on any atom is -0.390 e. The van der Waals surface area contributed by atoms with Gasteiger partial charge in [-0.1, -0.05) is 27.7 Å². The van der Waals surface area contributed by atoms with E-state index in [1.165, 1.54) is 0 Å². The van der Waals surface area contributed by atoms with Gasteiger partial charge in [0.25, 0.3) is 0 Å². The van der Waals surface area contributed by atoms with Crippen LogP contribution in [0.4, 0.5) is 0 Å². The molecule has 0 saturated heterocycles. The Bertz CT molecular complexity index is 189. The molecule has 2 N–H and O–H groups in total. The summed E-state index contributed by atoms with van der Waals surface area (Å²) < 4.78 is 4.94. The molecule has 0 unspecified atom stereocenters. The van der Waals surface area contributed by atoms with Gasteiger partial charge in [-0.05, 0) is 5.92 Å². The fraction of sp³-hybridized carbons (Fsp3) is 0.889. The van der Waals surface area contributed by atoms with E-state index in [9.17, 15) is 14.4 Å². The zero-order chi connectivity index (χ0) is 11.4. The van der Waals surface area contributed by atoms with Crippen molar-refractivity contribution in [2.45, 2.75) is 33.7 Å². The van der Waals surface area contributed by atoms with Crippen LogP contribution >= 0.6 is 0 Å². The van der Waals surface area contributed by atoms with Gasteiger partial charge in [-0.25, -0.2) is 0 Å². The molecule has 84 valence electrons. The topological polar surface area (TPSA) is 66.8 Å². The van der Waals surface area contributed by atoms with Gasteiger partial charge in [-0.15, -0.1) is 0 Å². The minimum atomic E-state index is -3.74. The molecule has 0 aliphatic rings. The molecule has 14 heavy (non-hydrogen) atoms. The van der Waals surface area contributed by atoms with Crippen molar-refractivity contribution in [1.29, 1.82) is 0 Å². The molecule has 0 spiro atoms. The van der Waals surface area contributed by atoms with E-state index in [1.807, 2.05) is 13.8 Å². The Kier molecular flexibility index (Phi) is 5.51. The normalized spacial score (nSPS) is 12.6. The van der Waals surface area contributed by atoms with Crippen molar-refractivity contribution >= 4 is 14.6 Å². The van der Waals surface area contributed by atoms with Crippen LogP contribution in [0.5, 0.6) is 0 Å². The second kappa shape index (κ2) is 5.60. The van der Waals surface area contributed by atoms with Gasteiger partial charge in [-0.3, -0.25) is 4.79 Å². The van der Waals surface area contributed by atoms with E-state index < -0.39 is 8.80 Å². The summed E-state index contributed by atoms with van der Waals surface area (Å²) in [7, 11) is -3.74. The molecule has 5 heteroatoms. The molecule has 0 aliphatic heterocycles. The Morgan fingerprint density at radius 1 is 1.29 bits per heavy atom. The maximum Gasteiger partial charge on any atom is 0.503 e. The molecule has 0 rings (SSSR count). The van der Waals surface area contributed by atoms with E-state index in [0.717, 1.165) is 0 Å². The lowest BCUT2D eigenvalue weighted by Gasteiger charge is -2.19. The molecule has 0 bridgehead atoms. The summed E-state index contributed by atoms with van der Waals surface area (Å²) in [6.07, 6.45) is 0. The Balaban J connectivity index is 4.00. The maximum atomic E-state index is 11.2. The number of hydrogen-bond donors (Lipinski definition) is 2. The number of carbonyl (C=O) groups is 1. The summed E-state index contributed by atoms with van der Waals surface area (Å²) in [6, 6.07) is -0.239. The van der Waals surface area contributed by atoms with Gasteiger partial charge in [0.05, 0.1) is 6.04 Å². The summed E-state index contributed by atoms with van der Waals surface area (Å²) in [4.78, 5) is 30.1. The zero-order valence-electron chi connectivity index (χ0n) is 9.28. The molecule has 0 saturated carbocycles. The SMILES string of the molecule is CC(C)CO[Si](O)(O)CC(=O)C(C)C. The molecule has 0 radical (unpaired) electrons. The van der Waals surface area contributed by atoms with Crippen LogP contribution in [0.3, 0.4) is 0 Å². The second-order valence-electron chi connectivity index (χ2n) is 4.25.